The second-order valence-electron chi connectivity index (χ2n) is 5.29. The topological polar surface area (TPSA) is 63.2 Å². The molecule has 0 saturated heterocycles. The molecule has 0 bridgehead atoms. The first-order chi connectivity index (χ1) is 10.2. The number of unbranched alkanes of at least 4 members (excludes halogenated alkanes) is 3. The first-order valence-electron chi connectivity index (χ1n) is 7.69. The summed E-state index contributed by atoms with van der Waals surface area (Å²) in [6, 6.07) is 3.75. The summed E-state index contributed by atoms with van der Waals surface area (Å²) in [5.74, 6) is 0.573. The van der Waals surface area contributed by atoms with E-state index in [4.69, 9.17) is 4.74 Å². The molecule has 0 saturated carbocycles. The quantitative estimate of drug-likeness (QED) is 0.687. The van der Waals surface area contributed by atoms with Crippen LogP contribution in [-0.4, -0.2) is 24.2 Å². The first-order valence-corrected chi connectivity index (χ1v) is 7.69. The van der Waals surface area contributed by atoms with Crippen LogP contribution in [0, 0.1) is 0 Å². The highest BCUT2D eigenvalue weighted by molar-refractivity contribution is 5.74. The predicted molar refractivity (Wildman–Crippen MR) is 84.4 cm³/mol. The number of hydrogen-bond acceptors (Lipinski definition) is 3. The number of methoxy groups -OCH3 is 1. The number of ether oxygens (including phenoxy) is 1. The van der Waals surface area contributed by atoms with Crippen LogP contribution < -0.4 is 15.4 Å². The van der Waals surface area contributed by atoms with E-state index in [0.717, 1.165) is 18.4 Å². The molecule has 118 valence electrons. The molecule has 0 radical (unpaired) electrons. The third-order valence-corrected chi connectivity index (χ3v) is 3.33. The Labute approximate surface area is 127 Å². The molecule has 0 aromatic carbocycles. The molecule has 5 heteroatoms. The van der Waals surface area contributed by atoms with Gasteiger partial charge in [-0.1, -0.05) is 38.7 Å². The van der Waals surface area contributed by atoms with Gasteiger partial charge >= 0.3 is 6.03 Å². The maximum atomic E-state index is 11.8. The van der Waals surface area contributed by atoms with Crippen molar-refractivity contribution in [1.82, 2.24) is 15.6 Å². The van der Waals surface area contributed by atoms with Gasteiger partial charge in [0.05, 0.1) is 7.11 Å². The Morgan fingerprint density at radius 2 is 2.14 bits per heavy atom. The van der Waals surface area contributed by atoms with Gasteiger partial charge in [-0.3, -0.25) is 0 Å². The van der Waals surface area contributed by atoms with Crippen molar-refractivity contribution in [2.45, 2.75) is 58.5 Å². The van der Waals surface area contributed by atoms with Crippen molar-refractivity contribution in [3.05, 3.63) is 23.9 Å². The zero-order valence-electron chi connectivity index (χ0n) is 13.3. The van der Waals surface area contributed by atoms with E-state index in [1.807, 2.05) is 13.0 Å². The van der Waals surface area contributed by atoms with E-state index in [1.165, 1.54) is 19.3 Å². The van der Waals surface area contributed by atoms with E-state index in [2.05, 4.69) is 22.5 Å². The number of nitrogens with one attached hydrogen (secondary N) is 2. The van der Waals surface area contributed by atoms with E-state index < -0.39 is 0 Å². The molecule has 1 heterocycles. The molecule has 1 aromatic heterocycles. The van der Waals surface area contributed by atoms with Crippen molar-refractivity contribution in [2.24, 2.45) is 0 Å². The Hall–Kier alpha value is -1.78. The number of amides is 2. The average Bonchev–Trinajstić information content (AvgIpc) is 2.50. The molecular formula is C16H27N3O2. The lowest BCUT2D eigenvalue weighted by Crippen LogP contribution is -2.40. The van der Waals surface area contributed by atoms with Gasteiger partial charge in [-0.25, -0.2) is 9.78 Å². The molecule has 2 amide bonds. The normalized spacial score (nSPS) is 11.8. The van der Waals surface area contributed by atoms with Crippen LogP contribution in [0.2, 0.25) is 0 Å². The van der Waals surface area contributed by atoms with Gasteiger partial charge in [0.1, 0.15) is 0 Å². The lowest BCUT2D eigenvalue weighted by molar-refractivity contribution is 0.236. The Kier molecular flexibility index (Phi) is 8.24. The van der Waals surface area contributed by atoms with Gasteiger partial charge in [-0.2, -0.15) is 0 Å². The number of hydrogen-bond donors (Lipinski definition) is 2. The monoisotopic (exact) mass is 293 g/mol. The van der Waals surface area contributed by atoms with Crippen molar-refractivity contribution >= 4 is 6.03 Å². The van der Waals surface area contributed by atoms with Gasteiger partial charge < -0.3 is 15.4 Å². The Morgan fingerprint density at radius 3 is 2.76 bits per heavy atom. The van der Waals surface area contributed by atoms with Crippen LogP contribution in [0.25, 0.3) is 0 Å². The molecule has 0 aliphatic rings. The Balaban J connectivity index is 2.20. The van der Waals surface area contributed by atoms with Crippen LogP contribution in [0.15, 0.2) is 18.3 Å². The predicted octanol–water partition coefficient (Wildman–Crippen LogP) is 3.25. The number of rotatable bonds is 9. The Morgan fingerprint density at radius 1 is 1.33 bits per heavy atom. The summed E-state index contributed by atoms with van der Waals surface area (Å²) in [7, 11) is 1.58. The van der Waals surface area contributed by atoms with Gasteiger partial charge in [-0.15, -0.1) is 0 Å². The maximum absolute atomic E-state index is 11.8. The molecular weight excluding hydrogens is 266 g/mol. The molecule has 21 heavy (non-hydrogen) atoms. The molecule has 1 atom stereocenters. The second kappa shape index (κ2) is 10.0. The van der Waals surface area contributed by atoms with Gasteiger partial charge in [0.25, 0.3) is 0 Å². The van der Waals surface area contributed by atoms with Crippen LogP contribution in [0.3, 0.4) is 0 Å². The molecule has 5 nitrogen and oxygen atoms in total. The van der Waals surface area contributed by atoms with Crippen LogP contribution in [0.4, 0.5) is 4.79 Å². The van der Waals surface area contributed by atoms with Crippen LogP contribution >= 0.6 is 0 Å². The fourth-order valence-corrected chi connectivity index (χ4v) is 2.04. The minimum absolute atomic E-state index is 0.131. The number of nitrogens with zero attached hydrogens (tertiary/aromatic N) is 1. The minimum Gasteiger partial charge on any atom is -0.481 e. The lowest BCUT2D eigenvalue weighted by atomic mass is 10.1. The molecule has 0 spiro atoms. The summed E-state index contributed by atoms with van der Waals surface area (Å²) in [6.45, 7) is 4.70. The number of carbonyl (C=O) groups excluding carboxylic acids is 1. The summed E-state index contributed by atoms with van der Waals surface area (Å²) >= 11 is 0. The maximum Gasteiger partial charge on any atom is 0.315 e. The Bertz CT molecular complexity index is 406. The third-order valence-electron chi connectivity index (χ3n) is 3.33. The fourth-order valence-electron chi connectivity index (χ4n) is 2.04. The SMILES string of the molecule is CCCCCC[C@H](C)NC(=O)NCc1ccc(OC)nc1. The number of aromatic nitrogens is 1. The van der Waals surface area contributed by atoms with E-state index in [9.17, 15) is 4.79 Å². The number of urea groups is 1. The molecule has 0 aliphatic carbocycles. The highest BCUT2D eigenvalue weighted by atomic mass is 16.5. The highest BCUT2D eigenvalue weighted by Crippen LogP contribution is 2.07. The lowest BCUT2D eigenvalue weighted by Gasteiger charge is -2.14. The molecule has 0 fully saturated rings. The summed E-state index contributed by atoms with van der Waals surface area (Å²) in [6.07, 6.45) is 7.63. The summed E-state index contributed by atoms with van der Waals surface area (Å²) < 4.78 is 4.99. The van der Waals surface area contributed by atoms with Gasteiger partial charge in [-0.05, 0) is 18.9 Å². The molecule has 2 N–H and O–H groups in total. The minimum atomic E-state index is -0.131. The molecule has 1 aromatic rings. The number of pyridine rings is 1. The molecule has 1 rings (SSSR count). The van der Waals surface area contributed by atoms with E-state index in [1.54, 1.807) is 19.4 Å². The van der Waals surface area contributed by atoms with Gasteiger partial charge in [0.15, 0.2) is 0 Å². The molecule has 0 unspecified atom stereocenters. The van der Waals surface area contributed by atoms with Crippen LogP contribution in [0.1, 0.15) is 51.5 Å². The standard InChI is InChI=1S/C16H27N3O2/c1-4-5-6-7-8-13(2)19-16(20)18-12-14-9-10-15(21-3)17-11-14/h9-11,13H,4-8,12H2,1-3H3,(H2,18,19,20)/t13-/m0/s1. The highest BCUT2D eigenvalue weighted by Gasteiger charge is 2.06. The zero-order chi connectivity index (χ0) is 15.5. The average molecular weight is 293 g/mol. The zero-order valence-corrected chi connectivity index (χ0v) is 13.3. The van der Waals surface area contributed by atoms with Crippen molar-refractivity contribution in [3.8, 4) is 5.88 Å². The summed E-state index contributed by atoms with van der Waals surface area (Å²) in [5.41, 5.74) is 0.946. The van der Waals surface area contributed by atoms with Crippen molar-refractivity contribution < 1.29 is 9.53 Å². The van der Waals surface area contributed by atoms with E-state index in [-0.39, 0.29) is 12.1 Å². The van der Waals surface area contributed by atoms with Crippen molar-refractivity contribution in [2.75, 3.05) is 7.11 Å². The first kappa shape index (κ1) is 17.3. The summed E-state index contributed by atoms with van der Waals surface area (Å²) in [4.78, 5) is 15.9. The van der Waals surface area contributed by atoms with Gasteiger partial charge in [0, 0.05) is 24.8 Å². The van der Waals surface area contributed by atoms with Crippen molar-refractivity contribution in [3.63, 3.8) is 0 Å². The van der Waals surface area contributed by atoms with Gasteiger partial charge in [0.2, 0.25) is 5.88 Å². The smallest absolute Gasteiger partial charge is 0.315 e. The third kappa shape index (κ3) is 7.54. The fraction of sp³-hybridized carbons (Fsp3) is 0.625. The largest absolute Gasteiger partial charge is 0.481 e. The van der Waals surface area contributed by atoms with E-state index in [0.29, 0.717) is 12.4 Å². The summed E-state index contributed by atoms with van der Waals surface area (Å²) in [5, 5.41) is 5.79. The van der Waals surface area contributed by atoms with Crippen LogP contribution in [-0.2, 0) is 6.54 Å². The second-order valence-corrected chi connectivity index (χ2v) is 5.29. The molecule has 0 aliphatic heterocycles. The van der Waals surface area contributed by atoms with Crippen molar-refractivity contribution in [1.29, 1.82) is 0 Å². The number of carbonyl (C=O) groups is 1. The van der Waals surface area contributed by atoms with E-state index >= 15 is 0 Å². The van der Waals surface area contributed by atoms with Crippen LogP contribution in [0.5, 0.6) is 5.88 Å².